The van der Waals surface area contributed by atoms with Crippen molar-refractivity contribution in [2.24, 2.45) is 5.14 Å². The van der Waals surface area contributed by atoms with Gasteiger partial charge in [-0.05, 0) is 17.0 Å². The average Bonchev–Trinajstić information content (AvgIpc) is 3.26. The number of hydrogen-bond acceptors (Lipinski definition) is 5. The van der Waals surface area contributed by atoms with Crippen molar-refractivity contribution in [3.05, 3.63) is 70.9 Å². The average molecular weight is 376 g/mol. The number of imidazole rings is 1. The van der Waals surface area contributed by atoms with Gasteiger partial charge in [-0.15, -0.1) is 11.3 Å². The SMILES string of the molecule is NS(=O)(=O)c1ccsc1C(=O)N[C@H](Cn1ccnc1)c1ccccc1. The molecule has 7 nitrogen and oxygen atoms in total. The first kappa shape index (κ1) is 17.3. The van der Waals surface area contributed by atoms with Gasteiger partial charge in [0, 0.05) is 18.9 Å². The number of primary sulfonamides is 1. The summed E-state index contributed by atoms with van der Waals surface area (Å²) in [5, 5.41) is 9.60. The fourth-order valence-corrected chi connectivity index (χ4v) is 4.31. The molecule has 0 saturated carbocycles. The summed E-state index contributed by atoms with van der Waals surface area (Å²) in [6.07, 6.45) is 5.11. The lowest BCUT2D eigenvalue weighted by molar-refractivity contribution is 0.0933. The van der Waals surface area contributed by atoms with Crippen LogP contribution in [0.5, 0.6) is 0 Å². The molecule has 0 aliphatic carbocycles. The second kappa shape index (κ2) is 7.18. The molecule has 0 aliphatic rings. The van der Waals surface area contributed by atoms with Gasteiger partial charge in [0.25, 0.3) is 5.91 Å². The van der Waals surface area contributed by atoms with Crippen LogP contribution >= 0.6 is 11.3 Å². The number of amides is 1. The van der Waals surface area contributed by atoms with E-state index < -0.39 is 15.9 Å². The Bertz CT molecular complexity index is 950. The fraction of sp³-hybridized carbons (Fsp3) is 0.125. The minimum Gasteiger partial charge on any atom is -0.343 e. The van der Waals surface area contributed by atoms with E-state index in [0.29, 0.717) is 6.54 Å². The highest BCUT2D eigenvalue weighted by Crippen LogP contribution is 2.23. The Morgan fingerprint density at radius 1 is 1.28 bits per heavy atom. The number of nitrogens with zero attached hydrogens (tertiary/aromatic N) is 2. The second-order valence-electron chi connectivity index (χ2n) is 5.36. The molecular formula is C16H16N4O3S2. The number of sulfonamides is 1. The van der Waals surface area contributed by atoms with Gasteiger partial charge in [-0.1, -0.05) is 30.3 Å². The molecule has 130 valence electrons. The van der Waals surface area contributed by atoms with Gasteiger partial charge in [0.1, 0.15) is 9.77 Å². The van der Waals surface area contributed by atoms with E-state index in [2.05, 4.69) is 10.3 Å². The molecule has 3 rings (SSSR count). The third-order valence-electron chi connectivity index (χ3n) is 3.60. The largest absolute Gasteiger partial charge is 0.343 e. The van der Waals surface area contributed by atoms with Crippen LogP contribution in [0.1, 0.15) is 21.3 Å². The van der Waals surface area contributed by atoms with Gasteiger partial charge in [0.15, 0.2) is 0 Å². The van der Waals surface area contributed by atoms with Gasteiger partial charge in [-0.2, -0.15) is 0 Å². The molecule has 0 radical (unpaired) electrons. The molecule has 2 aromatic heterocycles. The highest BCUT2D eigenvalue weighted by Gasteiger charge is 2.23. The summed E-state index contributed by atoms with van der Waals surface area (Å²) >= 11 is 1.04. The quantitative estimate of drug-likeness (QED) is 0.683. The third-order valence-corrected chi connectivity index (χ3v) is 5.60. The Balaban J connectivity index is 1.88. The van der Waals surface area contributed by atoms with Crippen LogP contribution in [-0.4, -0.2) is 23.9 Å². The first-order chi connectivity index (χ1) is 11.9. The summed E-state index contributed by atoms with van der Waals surface area (Å²) in [7, 11) is -3.95. The number of hydrogen-bond donors (Lipinski definition) is 2. The third kappa shape index (κ3) is 4.13. The van der Waals surface area contributed by atoms with Crippen molar-refractivity contribution in [2.45, 2.75) is 17.5 Å². The molecule has 2 heterocycles. The van der Waals surface area contributed by atoms with Crippen LogP contribution in [0.2, 0.25) is 0 Å². The van der Waals surface area contributed by atoms with E-state index in [1.54, 1.807) is 18.7 Å². The van der Waals surface area contributed by atoms with E-state index >= 15 is 0 Å². The summed E-state index contributed by atoms with van der Waals surface area (Å²) in [5.41, 5.74) is 0.901. The minimum absolute atomic E-state index is 0.0778. The monoisotopic (exact) mass is 376 g/mol. The van der Waals surface area contributed by atoms with Crippen LogP contribution in [0.3, 0.4) is 0 Å². The zero-order valence-electron chi connectivity index (χ0n) is 13.1. The number of thiophene rings is 1. The summed E-state index contributed by atoms with van der Waals surface area (Å²) in [6, 6.07) is 10.4. The van der Waals surface area contributed by atoms with Crippen molar-refractivity contribution >= 4 is 27.3 Å². The van der Waals surface area contributed by atoms with Crippen LogP contribution in [0, 0.1) is 0 Å². The van der Waals surface area contributed by atoms with E-state index in [4.69, 9.17) is 5.14 Å². The standard InChI is InChI=1S/C16H16N4O3S2/c17-25(22,23)14-6-9-24-15(14)16(21)19-13(10-20-8-7-18-11-20)12-4-2-1-3-5-12/h1-9,11,13H,10H2,(H,19,21)(H2,17,22,23)/t13-/m1/s1. The van der Waals surface area contributed by atoms with Crippen molar-refractivity contribution in [1.29, 1.82) is 0 Å². The topological polar surface area (TPSA) is 107 Å². The number of aromatic nitrogens is 2. The molecule has 1 aromatic carbocycles. The summed E-state index contributed by atoms with van der Waals surface area (Å²) in [6.45, 7) is 0.464. The van der Waals surface area contributed by atoms with Crippen molar-refractivity contribution in [2.75, 3.05) is 0 Å². The number of benzene rings is 1. The maximum absolute atomic E-state index is 12.6. The number of carbonyl (C=O) groups is 1. The lowest BCUT2D eigenvalue weighted by atomic mass is 10.1. The van der Waals surface area contributed by atoms with E-state index in [-0.39, 0.29) is 15.8 Å². The van der Waals surface area contributed by atoms with E-state index in [1.807, 2.05) is 34.9 Å². The number of nitrogens with one attached hydrogen (secondary N) is 1. The Morgan fingerprint density at radius 2 is 2.04 bits per heavy atom. The lowest BCUT2D eigenvalue weighted by Gasteiger charge is -2.19. The van der Waals surface area contributed by atoms with Crippen LogP contribution in [0.4, 0.5) is 0 Å². The van der Waals surface area contributed by atoms with Crippen LogP contribution < -0.4 is 10.5 Å². The normalized spacial score (nSPS) is 12.7. The van der Waals surface area contributed by atoms with E-state index in [1.165, 1.54) is 11.4 Å². The van der Waals surface area contributed by atoms with Crippen LogP contribution in [-0.2, 0) is 16.6 Å². The maximum atomic E-state index is 12.6. The van der Waals surface area contributed by atoms with Crippen LogP contribution in [0.15, 0.2) is 65.4 Å². The summed E-state index contributed by atoms with van der Waals surface area (Å²) in [5.74, 6) is -0.479. The zero-order valence-corrected chi connectivity index (χ0v) is 14.7. The highest BCUT2D eigenvalue weighted by atomic mass is 32.2. The van der Waals surface area contributed by atoms with E-state index in [9.17, 15) is 13.2 Å². The van der Waals surface area contributed by atoms with Gasteiger partial charge >= 0.3 is 0 Å². The molecule has 0 bridgehead atoms. The Hall–Kier alpha value is -2.49. The molecule has 25 heavy (non-hydrogen) atoms. The minimum atomic E-state index is -3.95. The molecule has 9 heteroatoms. The first-order valence-electron chi connectivity index (χ1n) is 7.37. The molecule has 3 N–H and O–H groups in total. The number of rotatable bonds is 6. The lowest BCUT2D eigenvalue weighted by Crippen LogP contribution is -2.32. The molecule has 0 spiro atoms. The van der Waals surface area contributed by atoms with Gasteiger partial charge in [0.05, 0.1) is 12.4 Å². The molecular weight excluding hydrogens is 360 g/mol. The summed E-state index contributed by atoms with van der Waals surface area (Å²) < 4.78 is 25.1. The fourth-order valence-electron chi connectivity index (χ4n) is 2.44. The van der Waals surface area contributed by atoms with Crippen LogP contribution in [0.25, 0.3) is 0 Å². The zero-order chi connectivity index (χ0) is 17.9. The Kier molecular flexibility index (Phi) is 4.98. The van der Waals surface area contributed by atoms with Gasteiger partial charge in [0.2, 0.25) is 10.0 Å². The van der Waals surface area contributed by atoms with Gasteiger partial charge in [-0.25, -0.2) is 18.5 Å². The molecule has 0 saturated heterocycles. The molecule has 0 fully saturated rings. The van der Waals surface area contributed by atoms with Gasteiger partial charge < -0.3 is 9.88 Å². The Labute approximate surface area is 149 Å². The number of nitrogens with two attached hydrogens (primary N) is 1. The first-order valence-corrected chi connectivity index (χ1v) is 9.79. The van der Waals surface area contributed by atoms with E-state index in [0.717, 1.165) is 16.9 Å². The van der Waals surface area contributed by atoms with Crippen molar-refractivity contribution in [3.63, 3.8) is 0 Å². The second-order valence-corrected chi connectivity index (χ2v) is 7.80. The molecule has 1 atom stereocenters. The predicted octanol–water partition coefficient (Wildman–Crippen LogP) is 1.76. The van der Waals surface area contributed by atoms with Gasteiger partial charge in [-0.3, -0.25) is 4.79 Å². The molecule has 0 unspecified atom stereocenters. The highest BCUT2D eigenvalue weighted by molar-refractivity contribution is 7.89. The maximum Gasteiger partial charge on any atom is 0.263 e. The van der Waals surface area contributed by atoms with Crippen molar-refractivity contribution in [1.82, 2.24) is 14.9 Å². The number of carbonyl (C=O) groups excluding carboxylic acids is 1. The molecule has 3 aromatic rings. The molecule has 1 amide bonds. The summed E-state index contributed by atoms with van der Waals surface area (Å²) in [4.78, 5) is 16.6. The smallest absolute Gasteiger partial charge is 0.263 e. The Morgan fingerprint density at radius 3 is 2.68 bits per heavy atom. The van der Waals surface area contributed by atoms with Crippen molar-refractivity contribution < 1.29 is 13.2 Å². The van der Waals surface area contributed by atoms with Crippen molar-refractivity contribution in [3.8, 4) is 0 Å². The molecule has 0 aliphatic heterocycles. The predicted molar refractivity (Wildman–Crippen MR) is 94.6 cm³/mol.